The number of benzene rings is 5. The maximum atomic E-state index is 6.05. The van der Waals surface area contributed by atoms with Crippen LogP contribution in [0.4, 0.5) is 0 Å². The van der Waals surface area contributed by atoms with Gasteiger partial charge in [0.25, 0.3) is 0 Å². The Morgan fingerprint density at radius 1 is 0.571 bits per heavy atom. The molecule has 1 unspecified atom stereocenters. The van der Waals surface area contributed by atoms with Crippen LogP contribution in [-0.2, 0) is 6.42 Å². The third-order valence-electron chi connectivity index (χ3n) is 9.86. The molecule has 2 aliphatic carbocycles. The van der Waals surface area contributed by atoms with Gasteiger partial charge in [0.2, 0.25) is 5.89 Å². The van der Waals surface area contributed by atoms with Crippen molar-refractivity contribution in [1.29, 1.82) is 0 Å². The average Bonchev–Trinajstić information content (AvgIpc) is 3.63. The molecule has 0 fully saturated rings. The minimum Gasteiger partial charge on any atom is -0.436 e. The van der Waals surface area contributed by atoms with Crippen LogP contribution < -0.4 is 5.32 Å². The van der Waals surface area contributed by atoms with E-state index in [1.807, 2.05) is 24.3 Å². The van der Waals surface area contributed by atoms with E-state index in [9.17, 15) is 0 Å². The second-order valence-corrected chi connectivity index (χ2v) is 12.9. The highest BCUT2D eigenvalue weighted by Crippen LogP contribution is 2.36. The molecule has 6 aromatic rings. The fraction of sp³-hybridized carbons (Fsp3) is 0.111. The predicted octanol–water partition coefficient (Wildman–Crippen LogP) is 10.9. The lowest BCUT2D eigenvalue weighted by Gasteiger charge is -2.27. The molecule has 236 valence electrons. The number of para-hydroxylation sites is 2. The van der Waals surface area contributed by atoms with E-state index in [0.29, 0.717) is 5.89 Å². The minimum atomic E-state index is -0.0437. The lowest BCUT2D eigenvalue weighted by molar-refractivity contribution is 0.619. The quantitative estimate of drug-likeness (QED) is 0.199. The van der Waals surface area contributed by atoms with E-state index >= 15 is 0 Å². The van der Waals surface area contributed by atoms with Crippen LogP contribution in [0.1, 0.15) is 47.6 Å². The molecule has 0 spiro atoms. The Morgan fingerprint density at radius 2 is 1.24 bits per heavy atom. The van der Waals surface area contributed by atoms with Gasteiger partial charge in [-0.05, 0) is 106 Å². The average molecular weight is 634 g/mol. The normalized spacial score (nSPS) is 17.2. The lowest BCUT2D eigenvalue weighted by Crippen LogP contribution is -2.32. The van der Waals surface area contributed by atoms with Crippen molar-refractivity contribution in [3.05, 3.63) is 185 Å². The molecule has 0 amide bonds. The van der Waals surface area contributed by atoms with E-state index in [4.69, 9.17) is 14.4 Å². The Morgan fingerprint density at radius 3 is 2.06 bits per heavy atom. The van der Waals surface area contributed by atoms with Gasteiger partial charge in [0.15, 0.2) is 5.58 Å². The van der Waals surface area contributed by atoms with Crippen LogP contribution in [-0.4, -0.2) is 10.8 Å². The molecular weight excluding hydrogens is 599 g/mol. The van der Waals surface area contributed by atoms with Gasteiger partial charge in [-0.15, -0.1) is 0 Å². The van der Waals surface area contributed by atoms with Gasteiger partial charge in [-0.1, -0.05) is 121 Å². The molecule has 1 N–H and O–H groups in total. The summed E-state index contributed by atoms with van der Waals surface area (Å²) < 4.78 is 6.05. The fourth-order valence-electron chi connectivity index (χ4n) is 7.12. The smallest absolute Gasteiger partial charge is 0.227 e. The topological polar surface area (TPSA) is 50.4 Å². The van der Waals surface area contributed by atoms with Crippen molar-refractivity contribution in [2.75, 3.05) is 0 Å². The first-order valence-corrected chi connectivity index (χ1v) is 17.1. The predicted molar refractivity (Wildman–Crippen MR) is 201 cm³/mol. The summed E-state index contributed by atoms with van der Waals surface area (Å²) in [6.07, 6.45) is 13.4. The molecule has 3 aliphatic rings. The van der Waals surface area contributed by atoms with Gasteiger partial charge in [0.1, 0.15) is 11.4 Å². The van der Waals surface area contributed by atoms with Gasteiger partial charge in [-0.3, -0.25) is 0 Å². The second-order valence-electron chi connectivity index (χ2n) is 12.9. The van der Waals surface area contributed by atoms with Gasteiger partial charge in [-0.25, -0.2) is 9.98 Å². The standard InChI is InChI=1S/C45H35N3O/c1-2-8-30(9-3-1)32-14-19-34(20-15-32)41-29-42(35-21-25-37(26-22-35)45-48-40-12-6-7-13-43(40)49-45)47-44(46-41)36-23-16-33(17-24-36)39-27-18-31-10-4-5-11-38(31)28-39/h1-16,19-23,25-26,28-29,42H,17-18,24,27H2,(H,46,47). The summed E-state index contributed by atoms with van der Waals surface area (Å²) in [6, 6.07) is 44.4. The minimum absolute atomic E-state index is 0.0437. The number of rotatable bonds is 6. The zero-order valence-electron chi connectivity index (χ0n) is 27.1. The second kappa shape index (κ2) is 12.6. The van der Waals surface area contributed by atoms with Crippen molar-refractivity contribution >= 4 is 28.7 Å². The Bertz CT molecular complexity index is 2300. The summed E-state index contributed by atoms with van der Waals surface area (Å²) in [6.45, 7) is 0. The monoisotopic (exact) mass is 633 g/mol. The van der Waals surface area contributed by atoms with Crippen molar-refractivity contribution < 1.29 is 4.42 Å². The molecule has 1 atom stereocenters. The summed E-state index contributed by atoms with van der Waals surface area (Å²) in [5.74, 6) is 1.57. The van der Waals surface area contributed by atoms with Crippen molar-refractivity contribution in [2.45, 2.75) is 31.7 Å². The SMILES string of the molecule is C1=C(C2=Cc3ccccc3CC2)CCC(C2=NC(c3ccc(-c4ccccc4)cc3)=CC(c3ccc(-c4nc5ccccc5o4)cc3)N2)=C1. The Balaban J connectivity index is 1.03. The number of hydrogen-bond acceptors (Lipinski definition) is 4. The first-order chi connectivity index (χ1) is 24.2. The van der Waals surface area contributed by atoms with E-state index in [-0.39, 0.29) is 6.04 Å². The summed E-state index contributed by atoms with van der Waals surface area (Å²) in [5, 5.41) is 3.79. The number of oxazole rings is 1. The van der Waals surface area contributed by atoms with Crippen LogP contribution in [0.2, 0.25) is 0 Å². The van der Waals surface area contributed by atoms with Gasteiger partial charge in [-0.2, -0.15) is 0 Å². The molecule has 1 aliphatic heterocycles. The van der Waals surface area contributed by atoms with Crippen molar-refractivity contribution in [1.82, 2.24) is 10.3 Å². The molecule has 5 aromatic carbocycles. The zero-order chi connectivity index (χ0) is 32.6. The number of fused-ring (bicyclic) bond motifs is 2. The van der Waals surface area contributed by atoms with Gasteiger partial charge in [0, 0.05) is 5.56 Å². The molecule has 9 rings (SSSR count). The van der Waals surface area contributed by atoms with Gasteiger partial charge >= 0.3 is 0 Å². The van der Waals surface area contributed by atoms with E-state index in [1.54, 1.807) is 0 Å². The molecule has 49 heavy (non-hydrogen) atoms. The van der Waals surface area contributed by atoms with Crippen LogP contribution >= 0.6 is 0 Å². The number of amidine groups is 1. The van der Waals surface area contributed by atoms with Crippen LogP contribution in [0.3, 0.4) is 0 Å². The van der Waals surface area contributed by atoms with E-state index in [2.05, 4.69) is 133 Å². The highest BCUT2D eigenvalue weighted by Gasteiger charge is 2.23. The number of aromatic nitrogens is 1. The third kappa shape index (κ3) is 5.87. The Labute approximate surface area is 286 Å². The Kier molecular flexibility index (Phi) is 7.47. The van der Waals surface area contributed by atoms with E-state index in [0.717, 1.165) is 65.0 Å². The maximum Gasteiger partial charge on any atom is 0.227 e. The summed E-state index contributed by atoms with van der Waals surface area (Å²) in [4.78, 5) is 9.94. The van der Waals surface area contributed by atoms with Crippen molar-refractivity contribution in [3.63, 3.8) is 0 Å². The largest absolute Gasteiger partial charge is 0.436 e. The molecule has 0 saturated heterocycles. The van der Waals surface area contributed by atoms with E-state index in [1.165, 1.54) is 39.0 Å². The summed E-state index contributed by atoms with van der Waals surface area (Å²) in [7, 11) is 0. The molecule has 4 nitrogen and oxygen atoms in total. The molecule has 1 aromatic heterocycles. The molecule has 4 heteroatoms. The number of nitrogens with zero attached hydrogens (tertiary/aromatic N) is 2. The van der Waals surface area contributed by atoms with Crippen LogP contribution in [0.5, 0.6) is 0 Å². The van der Waals surface area contributed by atoms with Crippen LogP contribution in [0, 0.1) is 0 Å². The van der Waals surface area contributed by atoms with Crippen LogP contribution in [0.15, 0.2) is 172 Å². The number of hydrogen-bond donors (Lipinski definition) is 1. The van der Waals surface area contributed by atoms with Gasteiger partial charge < -0.3 is 9.73 Å². The zero-order valence-corrected chi connectivity index (χ0v) is 27.1. The molecule has 0 bridgehead atoms. The molecular formula is C45H35N3O. The van der Waals surface area contributed by atoms with Gasteiger partial charge in [0.05, 0.1) is 11.7 Å². The number of nitrogens with one attached hydrogen (secondary N) is 1. The highest BCUT2D eigenvalue weighted by molar-refractivity contribution is 6.03. The number of allylic oxidation sites excluding steroid dienone is 4. The molecule has 2 heterocycles. The number of aliphatic imine (C=N–C) groups is 1. The fourth-order valence-corrected chi connectivity index (χ4v) is 7.12. The molecule has 0 radical (unpaired) electrons. The summed E-state index contributed by atoms with van der Waals surface area (Å²) in [5.41, 5.74) is 15.2. The first-order valence-electron chi connectivity index (χ1n) is 17.1. The van der Waals surface area contributed by atoms with E-state index < -0.39 is 0 Å². The highest BCUT2D eigenvalue weighted by atomic mass is 16.3. The first kappa shape index (κ1) is 29.2. The van der Waals surface area contributed by atoms with Crippen molar-refractivity contribution in [2.24, 2.45) is 4.99 Å². The number of aryl methyl sites for hydroxylation is 1. The maximum absolute atomic E-state index is 6.05. The van der Waals surface area contributed by atoms with Crippen molar-refractivity contribution in [3.8, 4) is 22.6 Å². The summed E-state index contributed by atoms with van der Waals surface area (Å²) >= 11 is 0. The lowest BCUT2D eigenvalue weighted by atomic mass is 9.84. The Hall–Kier alpha value is -6.00. The third-order valence-corrected chi connectivity index (χ3v) is 9.86. The van der Waals surface area contributed by atoms with Crippen LogP contribution in [0.25, 0.3) is 45.5 Å². The molecule has 0 saturated carbocycles.